The molecule has 0 heterocycles. The van der Waals surface area contributed by atoms with E-state index in [9.17, 15) is 45.3 Å². The van der Waals surface area contributed by atoms with Gasteiger partial charge in [0.25, 0.3) is 0 Å². The summed E-state index contributed by atoms with van der Waals surface area (Å²) in [7, 11) is 0. The first-order valence-corrected chi connectivity index (χ1v) is 45.1. The summed E-state index contributed by atoms with van der Waals surface area (Å²) < 4.78 is 4.95. The molecule has 0 rings (SSSR count). The summed E-state index contributed by atoms with van der Waals surface area (Å²) in [6, 6.07) is 0. The summed E-state index contributed by atoms with van der Waals surface area (Å²) in [5.74, 6) is 5.80. The molecule has 0 saturated carbocycles. The molecule has 0 fully saturated rings. The van der Waals surface area contributed by atoms with Gasteiger partial charge in [0, 0.05) is 18.8 Å². The lowest BCUT2D eigenvalue weighted by Gasteiger charge is -2.09. The van der Waals surface area contributed by atoms with Crippen LogP contribution in [-0.2, 0) is 14.3 Å². The number of aliphatic hydroxyl groups is 9. The van der Waals surface area contributed by atoms with Gasteiger partial charge in [0.1, 0.15) is 5.78 Å². The van der Waals surface area contributed by atoms with Gasteiger partial charge in [0.2, 0.25) is 0 Å². The molecule has 9 atom stereocenters. The lowest BCUT2D eigenvalue weighted by molar-refractivity contribution is -0.147. The maximum atomic E-state index is 11.1. The minimum Gasteiger partial charge on any atom is -0.463 e. The number of ketones is 1. The van der Waals surface area contributed by atoms with E-state index in [0.29, 0.717) is 37.4 Å². The molecular formula is C94H204O12. The summed E-state index contributed by atoms with van der Waals surface area (Å²) in [5, 5.41) is 82.9. The Kier molecular flexibility index (Phi) is 116. The van der Waals surface area contributed by atoms with Crippen molar-refractivity contribution in [2.24, 2.45) is 47.3 Å². The van der Waals surface area contributed by atoms with Crippen molar-refractivity contribution < 1.29 is 60.3 Å². The molecule has 0 aromatic carbocycles. The van der Waals surface area contributed by atoms with Crippen LogP contribution in [0.5, 0.6) is 0 Å². The molecule has 106 heavy (non-hydrogen) atoms. The van der Waals surface area contributed by atoms with E-state index < -0.39 is 0 Å². The molecule has 652 valence electrons. The third-order valence-corrected chi connectivity index (χ3v) is 18.8. The fourth-order valence-corrected chi connectivity index (χ4v) is 10.6. The van der Waals surface area contributed by atoms with Crippen LogP contribution in [0.2, 0.25) is 0 Å². The number of esters is 1. The highest BCUT2D eigenvalue weighted by Gasteiger charge is 2.11. The molecule has 12 heteroatoms. The molecule has 0 spiro atoms. The molecule has 0 bridgehead atoms. The minimum atomic E-state index is -0.271. The number of carbonyl (C=O) groups excluding carboxylic acids is 2. The van der Waals surface area contributed by atoms with Crippen molar-refractivity contribution in [3.63, 3.8) is 0 Å². The van der Waals surface area contributed by atoms with Crippen molar-refractivity contribution in [2.45, 2.75) is 551 Å². The van der Waals surface area contributed by atoms with E-state index in [1.165, 1.54) is 148 Å². The standard InChI is InChI=1S/C14H30O.C13H28O.C12H26O.C10H20O3.C10H20O2.C10H22O.C9H20O.C8H18O.C7H16O.CH4/c1-4-14(15)12-10-8-6-5-7-9-11-13(2)3;1-4-13(14)11-9-7-5-6-8-10-12(2)3;1-4-12(13)10-8-6-5-7-9-11(2)3;1-4-9(11)6-5-7-10(12)13-8(2)3;1-4-9(11)6-5-7-10(12)8(2)3;1-4-10(11)8-6-5-7-9(2)3;1-4-9(10)7-5-6-8(2)3;1-4-8(9)6-5-7(2)3;1-4-7(8)5-6(2)3;/h13-15H,4-12H2,1-3H3;12-14H,4-11H2,1-3H3;11-13H,4-10H2,1-3H3;8-9,11H,4-7H2,1-3H3;8-9,11H,4-7H2,1-3H3;9-11H,4-8H2,1-3H3;8-10H,4-7H2,1-3H3;7-9H,4-6H2,1-3H3;6-8H,4-5H2,1-3H3;1H4/t14-;13-;12-;2*9-;10-;9-;8-;7-;/m111111111./s1. The number of ether oxygens (including phenoxy) is 1. The van der Waals surface area contributed by atoms with Crippen LogP contribution in [0.1, 0.15) is 490 Å². The van der Waals surface area contributed by atoms with Gasteiger partial charge in [-0.25, -0.2) is 0 Å². The molecule has 0 aliphatic carbocycles. The minimum absolute atomic E-state index is 0. The quantitative estimate of drug-likeness (QED) is 0.0205. The number of rotatable bonds is 57. The van der Waals surface area contributed by atoms with E-state index >= 15 is 0 Å². The van der Waals surface area contributed by atoms with Gasteiger partial charge in [-0.3, -0.25) is 9.59 Å². The van der Waals surface area contributed by atoms with E-state index in [2.05, 4.69) is 104 Å². The maximum Gasteiger partial charge on any atom is 0.306 e. The van der Waals surface area contributed by atoms with Crippen LogP contribution in [0.4, 0.5) is 0 Å². The second-order valence-corrected chi connectivity index (χ2v) is 34.3. The van der Waals surface area contributed by atoms with Crippen LogP contribution in [0.25, 0.3) is 0 Å². The zero-order valence-electron chi connectivity index (χ0n) is 76.2. The zero-order chi connectivity index (χ0) is 82.8. The van der Waals surface area contributed by atoms with Crippen molar-refractivity contribution in [3.05, 3.63) is 0 Å². The number of unbranched alkanes of at least 4 members (excludes halogenated alkanes) is 13. The lowest BCUT2D eigenvalue weighted by atomic mass is 10.0. The van der Waals surface area contributed by atoms with Crippen molar-refractivity contribution in [1.29, 1.82) is 0 Å². The van der Waals surface area contributed by atoms with Crippen molar-refractivity contribution in [2.75, 3.05) is 0 Å². The second kappa shape index (κ2) is 98.0. The summed E-state index contributed by atoms with van der Waals surface area (Å²) in [6.07, 6.45) is 49.1. The molecule has 0 aliphatic heterocycles. The summed E-state index contributed by atoms with van der Waals surface area (Å²) in [5.41, 5.74) is 0. The Labute approximate surface area is 666 Å². The molecule has 12 nitrogen and oxygen atoms in total. The normalized spacial score (nSPS) is 13.6. The van der Waals surface area contributed by atoms with E-state index in [0.717, 1.165) is 158 Å². The Morgan fingerprint density at radius 3 is 0.651 bits per heavy atom. The molecule has 0 aromatic rings. The predicted molar refractivity (Wildman–Crippen MR) is 469 cm³/mol. The number of hydrogen-bond acceptors (Lipinski definition) is 12. The van der Waals surface area contributed by atoms with Crippen LogP contribution in [0, 0.1) is 47.3 Å². The van der Waals surface area contributed by atoms with Crippen LogP contribution in [0.3, 0.4) is 0 Å². The Bertz CT molecular complexity index is 1570. The van der Waals surface area contributed by atoms with E-state index in [-0.39, 0.29) is 80.4 Å². The molecule has 0 radical (unpaired) electrons. The van der Waals surface area contributed by atoms with Crippen LogP contribution < -0.4 is 0 Å². The van der Waals surface area contributed by atoms with Crippen molar-refractivity contribution in [3.8, 4) is 0 Å². The van der Waals surface area contributed by atoms with Gasteiger partial charge >= 0.3 is 5.97 Å². The summed E-state index contributed by atoms with van der Waals surface area (Å²) in [4.78, 5) is 22.2. The molecule has 0 aromatic heterocycles. The fraction of sp³-hybridized carbons (Fsp3) is 0.979. The van der Waals surface area contributed by atoms with Crippen molar-refractivity contribution in [1.82, 2.24) is 0 Å². The topological polar surface area (TPSA) is 225 Å². The molecular weight excluding hydrogens is 1320 g/mol. The Morgan fingerprint density at radius 1 is 0.226 bits per heavy atom. The SMILES string of the molecule is C.CC[C@@H](O)CC(C)C.CC[C@@H](O)CCC(C)C.CC[C@@H](O)CCCC(=O)C(C)C.CC[C@@H](O)CCCC(=O)OC(C)C.CC[C@@H](O)CCCC(C)C.CC[C@@H](O)CCCCC(C)C.CC[C@@H](O)CCCCCCC(C)C.CC[C@@H](O)CCCCCCCC(C)C.CC[C@@H](O)CCCCCCCCC(C)C. The van der Waals surface area contributed by atoms with Gasteiger partial charge < -0.3 is 50.7 Å². The molecule has 0 saturated heterocycles. The number of hydrogen-bond donors (Lipinski definition) is 9. The fourth-order valence-electron chi connectivity index (χ4n) is 10.6. The first-order valence-electron chi connectivity index (χ1n) is 45.1. The van der Waals surface area contributed by atoms with E-state index in [4.69, 9.17) is 14.9 Å². The van der Waals surface area contributed by atoms with Gasteiger partial charge in [-0.05, 0) is 190 Å². The second-order valence-electron chi connectivity index (χ2n) is 34.3. The van der Waals surface area contributed by atoms with Gasteiger partial charge in [-0.2, -0.15) is 0 Å². The monoisotopic (exact) mass is 1530 g/mol. The maximum absolute atomic E-state index is 11.1. The Hall–Kier alpha value is -1.22. The van der Waals surface area contributed by atoms with Gasteiger partial charge in [0.15, 0.2) is 0 Å². The first kappa shape index (κ1) is 126. The van der Waals surface area contributed by atoms with Gasteiger partial charge in [0.05, 0.1) is 61.0 Å². The average molecular weight is 1530 g/mol. The van der Waals surface area contributed by atoms with E-state index in [1.54, 1.807) is 0 Å². The molecule has 0 amide bonds. The summed E-state index contributed by atoms with van der Waals surface area (Å²) >= 11 is 0. The van der Waals surface area contributed by atoms with Crippen LogP contribution in [0.15, 0.2) is 0 Å². The van der Waals surface area contributed by atoms with Crippen LogP contribution >= 0.6 is 0 Å². The largest absolute Gasteiger partial charge is 0.463 e. The van der Waals surface area contributed by atoms with Gasteiger partial charge in [-0.1, -0.05) is 328 Å². The predicted octanol–water partition coefficient (Wildman–Crippen LogP) is 26.7. The Morgan fingerprint density at radius 2 is 0.425 bits per heavy atom. The highest BCUT2D eigenvalue weighted by atomic mass is 16.5. The highest BCUT2D eigenvalue weighted by Crippen LogP contribution is 2.18. The number of aliphatic hydroxyl groups excluding tert-OH is 9. The third-order valence-electron chi connectivity index (χ3n) is 18.8. The molecule has 9 N–H and O–H groups in total. The lowest BCUT2D eigenvalue weighted by Crippen LogP contribution is -2.12. The highest BCUT2D eigenvalue weighted by molar-refractivity contribution is 5.80. The smallest absolute Gasteiger partial charge is 0.306 e. The van der Waals surface area contributed by atoms with Crippen LogP contribution in [-0.4, -0.2) is 119 Å². The summed E-state index contributed by atoms with van der Waals surface area (Å²) in [6.45, 7) is 56.9. The zero-order valence-corrected chi connectivity index (χ0v) is 76.2. The molecule has 0 unspecified atom stereocenters. The number of carbonyl (C=O) groups is 2. The van der Waals surface area contributed by atoms with Gasteiger partial charge in [-0.15, -0.1) is 0 Å². The average Bonchev–Trinajstić information content (AvgIpc) is 1.08. The van der Waals surface area contributed by atoms with E-state index in [1.807, 2.05) is 83.1 Å². The van der Waals surface area contributed by atoms with Crippen molar-refractivity contribution >= 4 is 11.8 Å². The Balaban J connectivity index is -0.000000123. The third kappa shape index (κ3) is 135. The first-order chi connectivity index (χ1) is 49.3. The number of Topliss-reactive ketones (excluding diaryl/α,β-unsaturated/α-hetero) is 1. The molecule has 0 aliphatic rings.